The normalized spacial score (nSPS) is 17.4. The lowest BCUT2D eigenvalue weighted by molar-refractivity contribution is 0.0697. The zero-order chi connectivity index (χ0) is 19.5. The number of likely N-dealkylation sites (tertiary alicyclic amines) is 1. The summed E-state index contributed by atoms with van der Waals surface area (Å²) in [6.07, 6.45) is 5.97. The number of carbonyl (C=O) groups is 1. The van der Waals surface area contributed by atoms with Crippen LogP contribution in [0.4, 0.5) is 0 Å². The minimum Gasteiger partial charge on any atom is -0.337 e. The average molecular weight is 377 g/mol. The van der Waals surface area contributed by atoms with Crippen molar-refractivity contribution in [1.29, 1.82) is 0 Å². The number of amides is 1. The van der Waals surface area contributed by atoms with Crippen LogP contribution in [0.25, 0.3) is 10.9 Å². The predicted molar refractivity (Wildman–Crippen MR) is 110 cm³/mol. The molecule has 1 amide bonds. The van der Waals surface area contributed by atoms with E-state index < -0.39 is 0 Å². The van der Waals surface area contributed by atoms with Gasteiger partial charge in [0.1, 0.15) is 11.5 Å². The third kappa shape index (κ3) is 3.92. The first-order chi connectivity index (χ1) is 13.6. The number of imidazole rings is 1. The molecule has 3 heterocycles. The van der Waals surface area contributed by atoms with Gasteiger partial charge in [-0.3, -0.25) is 4.79 Å². The first-order valence-corrected chi connectivity index (χ1v) is 9.92. The summed E-state index contributed by atoms with van der Waals surface area (Å²) in [6, 6.07) is 11.7. The Labute approximate surface area is 165 Å². The molecule has 1 aliphatic rings. The highest BCUT2D eigenvalue weighted by Crippen LogP contribution is 2.27. The van der Waals surface area contributed by atoms with Gasteiger partial charge < -0.3 is 14.4 Å². The lowest BCUT2D eigenvalue weighted by atomic mass is 9.96. The average Bonchev–Trinajstić information content (AvgIpc) is 3.20. The maximum Gasteiger partial charge on any atom is 0.272 e. The molecule has 1 saturated heterocycles. The topological polar surface area (TPSA) is 54.3 Å². The molecule has 0 aliphatic carbocycles. The molecule has 4 rings (SSSR count). The third-order valence-electron chi connectivity index (χ3n) is 5.43. The van der Waals surface area contributed by atoms with Gasteiger partial charge in [0.05, 0.1) is 5.52 Å². The van der Waals surface area contributed by atoms with Gasteiger partial charge in [0.15, 0.2) is 0 Å². The summed E-state index contributed by atoms with van der Waals surface area (Å²) < 4.78 is 2.23. The van der Waals surface area contributed by atoms with Gasteiger partial charge in [0.25, 0.3) is 5.91 Å². The van der Waals surface area contributed by atoms with Crippen LogP contribution in [0.2, 0.25) is 0 Å². The van der Waals surface area contributed by atoms with Gasteiger partial charge >= 0.3 is 0 Å². The number of fused-ring (bicyclic) bond motifs is 1. The van der Waals surface area contributed by atoms with Crippen LogP contribution < -0.4 is 0 Å². The summed E-state index contributed by atoms with van der Waals surface area (Å²) in [5.74, 6) is 1.38. The number of hydrogen-bond donors (Lipinski definition) is 0. The molecule has 146 valence electrons. The quantitative estimate of drug-likeness (QED) is 0.686. The molecule has 6 heteroatoms. The summed E-state index contributed by atoms with van der Waals surface area (Å²) in [7, 11) is 4.16. The molecular weight excluding hydrogens is 350 g/mol. The highest BCUT2D eigenvalue weighted by Gasteiger charge is 2.28. The van der Waals surface area contributed by atoms with Crippen LogP contribution in [0.1, 0.15) is 35.1 Å². The Morgan fingerprint density at radius 1 is 1.21 bits per heavy atom. The molecule has 6 nitrogen and oxygen atoms in total. The van der Waals surface area contributed by atoms with E-state index in [1.165, 1.54) is 0 Å². The van der Waals surface area contributed by atoms with Crippen molar-refractivity contribution in [3.63, 3.8) is 0 Å². The molecular formula is C22H27N5O. The van der Waals surface area contributed by atoms with Crippen molar-refractivity contribution < 1.29 is 4.79 Å². The number of para-hydroxylation sites is 1. The van der Waals surface area contributed by atoms with Crippen LogP contribution in [0, 0.1) is 0 Å². The van der Waals surface area contributed by atoms with E-state index in [1.54, 1.807) is 0 Å². The zero-order valence-corrected chi connectivity index (χ0v) is 16.6. The van der Waals surface area contributed by atoms with Gasteiger partial charge in [-0.15, -0.1) is 0 Å². The number of rotatable bonds is 5. The number of likely N-dealkylation sites (N-methyl/N-ethyl adjacent to an activating group) is 1. The summed E-state index contributed by atoms with van der Waals surface area (Å²) >= 11 is 0. The number of benzene rings is 1. The van der Waals surface area contributed by atoms with Crippen molar-refractivity contribution >= 4 is 16.8 Å². The molecule has 3 aromatic rings. The maximum absolute atomic E-state index is 13.1. The predicted octanol–water partition coefficient (Wildman–Crippen LogP) is 3.01. The van der Waals surface area contributed by atoms with E-state index >= 15 is 0 Å². The standard InChI is InChI=1S/C22H27N5O/c1-25(2)14-15-26-13-11-23-21(26)18-7-5-12-27(16-18)22(28)20-10-9-17-6-3-4-8-19(17)24-20/h3-4,6,8-11,13,18H,5,7,12,14-16H2,1-2H3/t18-/m1/s1. The molecule has 1 fully saturated rings. The molecule has 0 spiro atoms. The van der Waals surface area contributed by atoms with Crippen molar-refractivity contribution in [3.8, 4) is 0 Å². The van der Waals surface area contributed by atoms with Crippen LogP contribution in [0.5, 0.6) is 0 Å². The van der Waals surface area contributed by atoms with Gasteiger partial charge in [-0.05, 0) is 39.1 Å². The van der Waals surface area contributed by atoms with Crippen molar-refractivity contribution in [2.75, 3.05) is 33.7 Å². The van der Waals surface area contributed by atoms with E-state index in [9.17, 15) is 4.79 Å². The van der Waals surface area contributed by atoms with Crippen LogP contribution in [-0.4, -0.2) is 64.0 Å². The van der Waals surface area contributed by atoms with Gasteiger partial charge in [0, 0.05) is 49.9 Å². The number of piperidine rings is 1. The van der Waals surface area contributed by atoms with Gasteiger partial charge in [-0.2, -0.15) is 0 Å². The number of carbonyl (C=O) groups excluding carboxylic acids is 1. The molecule has 0 radical (unpaired) electrons. The van der Waals surface area contributed by atoms with E-state index in [1.807, 2.05) is 53.7 Å². The Morgan fingerprint density at radius 3 is 2.93 bits per heavy atom. The van der Waals surface area contributed by atoms with Crippen LogP contribution in [0.3, 0.4) is 0 Å². The Hall–Kier alpha value is -2.73. The SMILES string of the molecule is CN(C)CCn1ccnc1[C@@H]1CCCN(C(=O)c2ccc3ccccc3n2)C1. The van der Waals surface area contributed by atoms with Crippen LogP contribution >= 0.6 is 0 Å². The second kappa shape index (κ2) is 8.10. The lowest BCUT2D eigenvalue weighted by Gasteiger charge is -2.32. The molecule has 28 heavy (non-hydrogen) atoms. The van der Waals surface area contributed by atoms with E-state index in [4.69, 9.17) is 0 Å². The monoisotopic (exact) mass is 377 g/mol. The minimum atomic E-state index is 0.0156. The second-order valence-corrected chi connectivity index (χ2v) is 7.76. The van der Waals surface area contributed by atoms with E-state index in [-0.39, 0.29) is 11.8 Å². The summed E-state index contributed by atoms with van der Waals surface area (Å²) in [6.45, 7) is 3.37. The first-order valence-electron chi connectivity index (χ1n) is 9.92. The fraction of sp³-hybridized carbons (Fsp3) is 0.409. The lowest BCUT2D eigenvalue weighted by Crippen LogP contribution is -2.40. The molecule has 1 aromatic carbocycles. The van der Waals surface area contributed by atoms with E-state index in [0.717, 1.165) is 49.2 Å². The molecule has 0 saturated carbocycles. The van der Waals surface area contributed by atoms with Crippen molar-refractivity contribution in [2.45, 2.75) is 25.3 Å². The molecule has 2 aromatic heterocycles. The van der Waals surface area contributed by atoms with Crippen molar-refractivity contribution in [3.05, 3.63) is 60.3 Å². The first kappa shape index (κ1) is 18.6. The highest BCUT2D eigenvalue weighted by atomic mass is 16.2. The summed E-state index contributed by atoms with van der Waals surface area (Å²) in [5, 5.41) is 1.05. The number of hydrogen-bond acceptors (Lipinski definition) is 4. The Morgan fingerprint density at radius 2 is 2.07 bits per heavy atom. The maximum atomic E-state index is 13.1. The molecule has 1 atom stereocenters. The Balaban J connectivity index is 1.50. The largest absolute Gasteiger partial charge is 0.337 e. The van der Waals surface area contributed by atoms with Gasteiger partial charge in [-0.25, -0.2) is 9.97 Å². The minimum absolute atomic E-state index is 0.0156. The summed E-state index contributed by atoms with van der Waals surface area (Å²) in [5.41, 5.74) is 1.39. The molecule has 0 bridgehead atoms. The molecule has 0 N–H and O–H groups in total. The van der Waals surface area contributed by atoms with E-state index in [0.29, 0.717) is 12.2 Å². The smallest absolute Gasteiger partial charge is 0.272 e. The third-order valence-corrected chi connectivity index (χ3v) is 5.43. The fourth-order valence-electron chi connectivity index (χ4n) is 3.90. The Bertz CT molecular complexity index is 964. The van der Waals surface area contributed by atoms with Crippen LogP contribution in [0.15, 0.2) is 48.8 Å². The van der Waals surface area contributed by atoms with Gasteiger partial charge in [-0.1, -0.05) is 24.3 Å². The zero-order valence-electron chi connectivity index (χ0n) is 16.6. The van der Waals surface area contributed by atoms with Crippen LogP contribution in [-0.2, 0) is 6.54 Å². The van der Waals surface area contributed by atoms with E-state index in [2.05, 4.69) is 33.5 Å². The summed E-state index contributed by atoms with van der Waals surface area (Å²) in [4.78, 5) is 26.4. The molecule has 1 aliphatic heterocycles. The Kier molecular flexibility index (Phi) is 5.39. The number of aromatic nitrogens is 3. The van der Waals surface area contributed by atoms with Crippen molar-refractivity contribution in [1.82, 2.24) is 24.3 Å². The highest BCUT2D eigenvalue weighted by molar-refractivity contribution is 5.95. The molecule has 0 unspecified atom stereocenters. The number of nitrogens with zero attached hydrogens (tertiary/aromatic N) is 5. The van der Waals surface area contributed by atoms with Crippen molar-refractivity contribution in [2.24, 2.45) is 0 Å². The van der Waals surface area contributed by atoms with Gasteiger partial charge in [0.2, 0.25) is 0 Å². The fourth-order valence-corrected chi connectivity index (χ4v) is 3.90. The second-order valence-electron chi connectivity index (χ2n) is 7.76. The number of pyridine rings is 1.